The largest absolute Gasteiger partial charge is 0.467 e. The first-order valence-electron chi connectivity index (χ1n) is 7.50. The van der Waals surface area contributed by atoms with Crippen LogP contribution in [0.25, 0.3) is 5.65 Å². The maximum Gasteiger partial charge on any atom is 0.167 e. The van der Waals surface area contributed by atoms with Crippen molar-refractivity contribution in [2.24, 2.45) is 0 Å². The number of likely N-dealkylation sites (N-methyl/N-ethyl adjacent to an activating group) is 1. The molecule has 7 nitrogen and oxygen atoms in total. The average Bonchev–Trinajstić information content (AvgIpc) is 3.23. The van der Waals surface area contributed by atoms with Crippen molar-refractivity contribution < 1.29 is 4.42 Å². The molecule has 3 aromatic rings. The number of aromatic nitrogens is 3. The number of nitrogens with zero attached hydrogens (tertiary/aromatic N) is 5. The summed E-state index contributed by atoms with van der Waals surface area (Å²) in [6, 6.07) is 6.11. The Balaban J connectivity index is 1.85. The van der Waals surface area contributed by atoms with Crippen LogP contribution in [0, 0.1) is 11.3 Å². The van der Waals surface area contributed by atoms with Gasteiger partial charge in [-0.3, -0.25) is 4.40 Å². The van der Waals surface area contributed by atoms with Crippen LogP contribution >= 0.6 is 0 Å². The Bertz CT molecular complexity index is 890. The van der Waals surface area contributed by atoms with Gasteiger partial charge in [0.05, 0.1) is 18.4 Å². The fourth-order valence-corrected chi connectivity index (χ4v) is 3.13. The maximum atomic E-state index is 9.71. The molecular formula is C16H16N6O. The van der Waals surface area contributed by atoms with Crippen LogP contribution in [0.1, 0.15) is 22.5 Å². The van der Waals surface area contributed by atoms with Gasteiger partial charge in [0.15, 0.2) is 5.65 Å². The van der Waals surface area contributed by atoms with Gasteiger partial charge in [0, 0.05) is 18.7 Å². The first kappa shape index (κ1) is 13.8. The molecule has 0 spiro atoms. The normalized spacial score (nSPS) is 14.6. The number of furan rings is 1. The summed E-state index contributed by atoms with van der Waals surface area (Å²) in [5.41, 5.74) is 3.66. The van der Waals surface area contributed by atoms with Gasteiger partial charge in [-0.25, -0.2) is 0 Å². The lowest BCUT2D eigenvalue weighted by Gasteiger charge is -2.27. The third-order valence-electron chi connectivity index (χ3n) is 4.25. The lowest BCUT2D eigenvalue weighted by Crippen LogP contribution is -2.28. The predicted octanol–water partition coefficient (Wildman–Crippen LogP) is 1.79. The summed E-state index contributed by atoms with van der Waals surface area (Å²) < 4.78 is 7.22. The Morgan fingerprint density at radius 1 is 1.43 bits per heavy atom. The zero-order valence-corrected chi connectivity index (χ0v) is 12.8. The van der Waals surface area contributed by atoms with Gasteiger partial charge in [0.1, 0.15) is 24.0 Å². The second-order valence-electron chi connectivity index (χ2n) is 5.74. The van der Waals surface area contributed by atoms with Crippen LogP contribution in [0.4, 0.5) is 5.82 Å². The molecule has 0 radical (unpaired) electrons. The van der Waals surface area contributed by atoms with Crippen LogP contribution in [-0.2, 0) is 19.5 Å². The number of fused-ring (bicyclic) bond motifs is 3. The summed E-state index contributed by atoms with van der Waals surface area (Å²) in [5.74, 6) is 1.54. The molecule has 7 heteroatoms. The Morgan fingerprint density at radius 3 is 3.13 bits per heavy atom. The van der Waals surface area contributed by atoms with Crippen LogP contribution in [0.5, 0.6) is 0 Å². The molecule has 0 saturated carbocycles. The van der Waals surface area contributed by atoms with Crippen molar-refractivity contribution in [1.82, 2.24) is 19.5 Å². The Labute approximate surface area is 133 Å². The highest BCUT2D eigenvalue weighted by atomic mass is 16.3. The lowest BCUT2D eigenvalue weighted by molar-refractivity contribution is 0.313. The van der Waals surface area contributed by atoms with Crippen molar-refractivity contribution in [3.63, 3.8) is 0 Å². The molecule has 0 amide bonds. The van der Waals surface area contributed by atoms with E-state index in [-0.39, 0.29) is 0 Å². The van der Waals surface area contributed by atoms with Gasteiger partial charge in [0.25, 0.3) is 0 Å². The molecule has 0 aliphatic carbocycles. The monoisotopic (exact) mass is 308 g/mol. The number of nitriles is 1. The zero-order valence-electron chi connectivity index (χ0n) is 12.8. The van der Waals surface area contributed by atoms with Crippen LogP contribution in [0.2, 0.25) is 0 Å². The summed E-state index contributed by atoms with van der Waals surface area (Å²) in [4.78, 5) is 2.23. The van der Waals surface area contributed by atoms with Gasteiger partial charge in [-0.05, 0) is 31.2 Å². The molecule has 1 aliphatic rings. The minimum Gasteiger partial charge on any atom is -0.467 e. The number of hydrogen-bond donors (Lipinski definition) is 1. The lowest BCUT2D eigenvalue weighted by atomic mass is 9.96. The minimum absolute atomic E-state index is 0.508. The van der Waals surface area contributed by atoms with E-state index in [1.54, 1.807) is 12.6 Å². The number of rotatable bonds is 3. The highest BCUT2D eigenvalue weighted by molar-refractivity contribution is 5.68. The number of nitrogens with one attached hydrogen (secondary N) is 1. The summed E-state index contributed by atoms with van der Waals surface area (Å²) in [5, 5.41) is 21.3. The summed E-state index contributed by atoms with van der Waals surface area (Å²) in [6.07, 6.45) is 4.13. The molecule has 1 N–H and O–H groups in total. The fourth-order valence-electron chi connectivity index (χ4n) is 3.13. The van der Waals surface area contributed by atoms with E-state index in [1.165, 1.54) is 0 Å². The summed E-state index contributed by atoms with van der Waals surface area (Å²) in [7, 11) is 2.07. The van der Waals surface area contributed by atoms with Crippen molar-refractivity contribution in [3.8, 4) is 6.07 Å². The molecule has 116 valence electrons. The van der Waals surface area contributed by atoms with Gasteiger partial charge in [-0.2, -0.15) is 5.26 Å². The molecule has 4 rings (SSSR count). The molecule has 0 bridgehead atoms. The third-order valence-corrected chi connectivity index (χ3v) is 4.25. The van der Waals surface area contributed by atoms with E-state index in [2.05, 4.69) is 33.5 Å². The second-order valence-corrected chi connectivity index (χ2v) is 5.74. The smallest absolute Gasteiger partial charge is 0.167 e. The molecule has 4 heterocycles. The first-order chi connectivity index (χ1) is 11.3. The predicted molar refractivity (Wildman–Crippen MR) is 83.8 cm³/mol. The van der Waals surface area contributed by atoms with Crippen molar-refractivity contribution in [3.05, 3.63) is 47.2 Å². The molecule has 0 fully saturated rings. The van der Waals surface area contributed by atoms with Gasteiger partial charge in [0.2, 0.25) is 0 Å². The van der Waals surface area contributed by atoms with Gasteiger partial charge in [-0.1, -0.05) is 0 Å². The van der Waals surface area contributed by atoms with Crippen molar-refractivity contribution in [2.45, 2.75) is 19.5 Å². The SMILES string of the molecule is CN1CCc2c(C#N)c(NCc3ccco3)n3cnnc3c2C1. The third kappa shape index (κ3) is 2.24. The Morgan fingerprint density at radius 2 is 2.35 bits per heavy atom. The van der Waals surface area contributed by atoms with E-state index in [9.17, 15) is 5.26 Å². The Kier molecular flexibility index (Phi) is 3.24. The number of hydrogen-bond acceptors (Lipinski definition) is 6. The highest BCUT2D eigenvalue weighted by Crippen LogP contribution is 2.30. The van der Waals surface area contributed by atoms with Gasteiger partial charge >= 0.3 is 0 Å². The molecule has 0 unspecified atom stereocenters. The van der Waals surface area contributed by atoms with E-state index in [1.807, 2.05) is 16.5 Å². The van der Waals surface area contributed by atoms with Crippen molar-refractivity contribution >= 4 is 11.5 Å². The van der Waals surface area contributed by atoms with Crippen LogP contribution < -0.4 is 5.32 Å². The second kappa shape index (κ2) is 5.41. The Hall–Kier alpha value is -2.85. The van der Waals surface area contributed by atoms with Crippen molar-refractivity contribution in [1.29, 1.82) is 5.26 Å². The molecular weight excluding hydrogens is 292 g/mol. The maximum absolute atomic E-state index is 9.71. The molecule has 23 heavy (non-hydrogen) atoms. The van der Waals surface area contributed by atoms with E-state index in [0.717, 1.165) is 47.9 Å². The number of pyridine rings is 1. The molecule has 1 aliphatic heterocycles. The highest BCUT2D eigenvalue weighted by Gasteiger charge is 2.24. The average molecular weight is 308 g/mol. The molecule has 0 atom stereocenters. The standard InChI is InChI=1S/C16H16N6O/c1-21-5-4-12-13(7-17)15(18-8-11-3-2-6-23-11)22-10-19-20-16(22)14(12)9-21/h2-3,6,10,18H,4-5,8-9H2,1H3. The van der Waals surface area contributed by atoms with Crippen LogP contribution in [0.15, 0.2) is 29.1 Å². The minimum atomic E-state index is 0.508. The van der Waals surface area contributed by atoms with E-state index in [4.69, 9.17) is 4.42 Å². The van der Waals surface area contributed by atoms with Crippen LogP contribution in [-0.4, -0.2) is 33.1 Å². The van der Waals surface area contributed by atoms with Crippen LogP contribution in [0.3, 0.4) is 0 Å². The van der Waals surface area contributed by atoms with E-state index >= 15 is 0 Å². The van der Waals surface area contributed by atoms with Gasteiger partial charge in [-0.15, -0.1) is 10.2 Å². The fraction of sp³-hybridized carbons (Fsp3) is 0.312. The van der Waals surface area contributed by atoms with E-state index < -0.39 is 0 Å². The quantitative estimate of drug-likeness (QED) is 0.794. The zero-order chi connectivity index (χ0) is 15.8. The first-order valence-corrected chi connectivity index (χ1v) is 7.50. The molecule has 0 saturated heterocycles. The van der Waals surface area contributed by atoms with Crippen molar-refractivity contribution in [2.75, 3.05) is 18.9 Å². The molecule has 3 aromatic heterocycles. The summed E-state index contributed by atoms with van der Waals surface area (Å²) in [6.45, 7) is 2.22. The van der Waals surface area contributed by atoms with E-state index in [0.29, 0.717) is 12.1 Å². The number of anilines is 1. The van der Waals surface area contributed by atoms with Gasteiger partial charge < -0.3 is 14.6 Å². The summed E-state index contributed by atoms with van der Waals surface area (Å²) >= 11 is 0. The topological polar surface area (TPSA) is 82.4 Å². The molecule has 0 aromatic carbocycles.